The van der Waals surface area contributed by atoms with E-state index in [1.54, 1.807) is 11.3 Å². The second-order valence-corrected chi connectivity index (χ2v) is 6.72. The first-order chi connectivity index (χ1) is 8.20. The summed E-state index contributed by atoms with van der Waals surface area (Å²) in [5.74, 6) is 2.78. The van der Waals surface area contributed by atoms with Gasteiger partial charge in [-0.15, -0.1) is 17.8 Å². The van der Waals surface area contributed by atoms with Crippen LogP contribution in [0.25, 0.3) is 0 Å². The van der Waals surface area contributed by atoms with Crippen LogP contribution in [-0.4, -0.2) is 48.4 Å². The number of hydrogen-bond acceptors (Lipinski definition) is 3. The highest BCUT2D eigenvalue weighted by molar-refractivity contribution is 14.1. The summed E-state index contributed by atoms with van der Waals surface area (Å²) < 4.78 is 1.15. The van der Waals surface area contributed by atoms with Gasteiger partial charge >= 0.3 is 0 Å². The summed E-state index contributed by atoms with van der Waals surface area (Å²) in [6.45, 7) is 3.96. The lowest BCUT2D eigenvalue weighted by Crippen LogP contribution is -2.48. The van der Waals surface area contributed by atoms with Gasteiger partial charge in [0.25, 0.3) is 5.91 Å². The molecule has 0 spiro atoms. The minimum atomic E-state index is 0.143. The predicted octanol–water partition coefficient (Wildman–Crippen LogP) is 1.74. The molecule has 1 aromatic heterocycles. The Kier molecular flexibility index (Phi) is 4.42. The van der Waals surface area contributed by atoms with Crippen molar-refractivity contribution in [1.29, 1.82) is 0 Å². The predicted molar refractivity (Wildman–Crippen MR) is 78.2 cm³/mol. The largest absolute Gasteiger partial charge is 0.336 e. The number of hydrogen-bond donors (Lipinski definition) is 0. The van der Waals surface area contributed by atoms with Crippen molar-refractivity contribution in [3.05, 3.63) is 19.9 Å². The summed E-state index contributed by atoms with van der Waals surface area (Å²) in [4.78, 5) is 16.3. The molecule has 2 rings (SSSR count). The molecule has 5 heteroatoms. The van der Waals surface area contributed by atoms with Crippen molar-refractivity contribution in [3.8, 4) is 12.3 Å². The number of nitrogens with zero attached hydrogens (tertiary/aromatic N) is 2. The number of carbonyl (C=O) groups excluding carboxylic acids is 1. The van der Waals surface area contributed by atoms with Crippen LogP contribution in [0.2, 0.25) is 0 Å². The van der Waals surface area contributed by atoms with Crippen LogP contribution in [0.5, 0.6) is 0 Å². The van der Waals surface area contributed by atoms with Gasteiger partial charge in [0.05, 0.1) is 15.0 Å². The van der Waals surface area contributed by atoms with E-state index in [-0.39, 0.29) is 5.91 Å². The van der Waals surface area contributed by atoms with Gasteiger partial charge in [0, 0.05) is 31.6 Å². The maximum absolute atomic E-state index is 12.1. The Balaban J connectivity index is 1.93. The Morgan fingerprint density at radius 2 is 2.18 bits per heavy atom. The quantitative estimate of drug-likeness (QED) is 0.593. The molecule has 90 valence electrons. The summed E-state index contributed by atoms with van der Waals surface area (Å²) in [6, 6.07) is 1.95. The van der Waals surface area contributed by atoms with Crippen LogP contribution < -0.4 is 0 Å². The molecular formula is C12H13IN2OS. The SMILES string of the molecule is C#CCN1CCN(C(=O)c2csc(I)c2)CC1. The number of amides is 1. The van der Waals surface area contributed by atoms with E-state index in [0.717, 1.165) is 34.6 Å². The number of carbonyl (C=O) groups is 1. The Hall–Kier alpha value is -0.580. The molecule has 1 aliphatic rings. The highest BCUT2D eigenvalue weighted by Gasteiger charge is 2.22. The third kappa shape index (κ3) is 3.21. The van der Waals surface area contributed by atoms with E-state index in [1.807, 2.05) is 16.3 Å². The van der Waals surface area contributed by atoms with Crippen molar-refractivity contribution in [2.45, 2.75) is 0 Å². The molecule has 0 radical (unpaired) electrons. The molecule has 1 amide bonds. The van der Waals surface area contributed by atoms with E-state index < -0.39 is 0 Å². The fraction of sp³-hybridized carbons (Fsp3) is 0.417. The van der Waals surface area contributed by atoms with Crippen LogP contribution in [0, 0.1) is 15.2 Å². The number of piperazine rings is 1. The molecule has 1 saturated heterocycles. The van der Waals surface area contributed by atoms with Gasteiger partial charge in [-0.05, 0) is 28.7 Å². The van der Waals surface area contributed by atoms with Crippen LogP contribution in [0.15, 0.2) is 11.4 Å². The molecule has 0 unspecified atom stereocenters. The molecule has 0 bridgehead atoms. The van der Waals surface area contributed by atoms with E-state index in [9.17, 15) is 4.79 Å². The maximum Gasteiger partial charge on any atom is 0.254 e. The number of halogens is 1. The average molecular weight is 360 g/mol. The Bertz CT molecular complexity index is 444. The summed E-state index contributed by atoms with van der Waals surface area (Å²) >= 11 is 3.84. The first-order valence-corrected chi connectivity index (χ1v) is 7.35. The fourth-order valence-corrected chi connectivity index (χ4v) is 3.16. The van der Waals surface area contributed by atoms with Crippen molar-refractivity contribution >= 4 is 39.8 Å². The molecule has 1 aromatic rings. The number of terminal acetylenes is 1. The summed E-state index contributed by atoms with van der Waals surface area (Å²) in [5.41, 5.74) is 0.810. The molecule has 1 aliphatic heterocycles. The molecule has 17 heavy (non-hydrogen) atoms. The van der Waals surface area contributed by atoms with E-state index in [0.29, 0.717) is 6.54 Å². The fourth-order valence-electron chi connectivity index (χ4n) is 1.84. The standard InChI is InChI=1S/C12H13IN2OS/c1-2-3-14-4-6-15(7-5-14)12(16)10-8-11(13)17-9-10/h1,8-9H,3-7H2. The van der Waals surface area contributed by atoms with E-state index >= 15 is 0 Å². The van der Waals surface area contributed by atoms with Crippen LogP contribution in [-0.2, 0) is 0 Å². The van der Waals surface area contributed by atoms with Crippen molar-refractivity contribution < 1.29 is 4.79 Å². The third-order valence-electron chi connectivity index (χ3n) is 2.79. The minimum Gasteiger partial charge on any atom is -0.336 e. The van der Waals surface area contributed by atoms with Gasteiger partial charge in [-0.3, -0.25) is 9.69 Å². The van der Waals surface area contributed by atoms with Gasteiger partial charge in [0.1, 0.15) is 0 Å². The lowest BCUT2D eigenvalue weighted by Gasteiger charge is -2.33. The lowest BCUT2D eigenvalue weighted by atomic mass is 10.2. The van der Waals surface area contributed by atoms with Gasteiger partial charge in [0.2, 0.25) is 0 Å². The van der Waals surface area contributed by atoms with Crippen molar-refractivity contribution in [1.82, 2.24) is 9.80 Å². The van der Waals surface area contributed by atoms with Crippen LogP contribution in [0.3, 0.4) is 0 Å². The molecule has 1 fully saturated rings. The van der Waals surface area contributed by atoms with Crippen LogP contribution >= 0.6 is 33.9 Å². The number of thiophene rings is 1. The zero-order chi connectivity index (χ0) is 12.3. The monoisotopic (exact) mass is 360 g/mol. The summed E-state index contributed by atoms with van der Waals surface area (Å²) in [5, 5.41) is 1.93. The first kappa shape index (κ1) is 12.9. The lowest BCUT2D eigenvalue weighted by molar-refractivity contribution is 0.0652. The summed E-state index contributed by atoms with van der Waals surface area (Å²) in [6.07, 6.45) is 5.28. The average Bonchev–Trinajstić information content (AvgIpc) is 2.76. The van der Waals surface area contributed by atoms with E-state index in [2.05, 4.69) is 33.4 Å². The molecule has 3 nitrogen and oxygen atoms in total. The van der Waals surface area contributed by atoms with Gasteiger partial charge < -0.3 is 4.90 Å². The summed E-state index contributed by atoms with van der Waals surface area (Å²) in [7, 11) is 0. The Morgan fingerprint density at radius 3 is 2.71 bits per heavy atom. The van der Waals surface area contributed by atoms with Crippen molar-refractivity contribution in [2.24, 2.45) is 0 Å². The van der Waals surface area contributed by atoms with Crippen molar-refractivity contribution in [3.63, 3.8) is 0 Å². The van der Waals surface area contributed by atoms with Gasteiger partial charge in [-0.25, -0.2) is 0 Å². The molecular weight excluding hydrogens is 347 g/mol. The first-order valence-electron chi connectivity index (χ1n) is 5.40. The molecule has 0 atom stereocenters. The molecule has 0 aromatic carbocycles. The Labute approximate surface area is 119 Å². The Morgan fingerprint density at radius 1 is 1.47 bits per heavy atom. The van der Waals surface area contributed by atoms with Gasteiger partial charge in [-0.1, -0.05) is 5.92 Å². The minimum absolute atomic E-state index is 0.143. The van der Waals surface area contributed by atoms with Crippen LogP contribution in [0.1, 0.15) is 10.4 Å². The zero-order valence-corrected chi connectivity index (χ0v) is 12.3. The van der Waals surface area contributed by atoms with E-state index in [1.165, 1.54) is 0 Å². The van der Waals surface area contributed by atoms with Crippen molar-refractivity contribution in [2.75, 3.05) is 32.7 Å². The highest BCUT2D eigenvalue weighted by atomic mass is 127. The molecule has 2 heterocycles. The smallest absolute Gasteiger partial charge is 0.254 e. The highest BCUT2D eigenvalue weighted by Crippen LogP contribution is 2.18. The second kappa shape index (κ2) is 5.85. The third-order valence-corrected chi connectivity index (χ3v) is 4.58. The zero-order valence-electron chi connectivity index (χ0n) is 9.36. The van der Waals surface area contributed by atoms with Gasteiger partial charge in [-0.2, -0.15) is 0 Å². The second-order valence-electron chi connectivity index (χ2n) is 3.91. The van der Waals surface area contributed by atoms with Gasteiger partial charge in [0.15, 0.2) is 0 Å². The number of rotatable bonds is 2. The normalized spacial score (nSPS) is 16.8. The van der Waals surface area contributed by atoms with Crippen LogP contribution in [0.4, 0.5) is 0 Å². The topological polar surface area (TPSA) is 23.6 Å². The molecule has 0 saturated carbocycles. The molecule has 0 aliphatic carbocycles. The maximum atomic E-state index is 12.1. The molecule has 0 N–H and O–H groups in total. The van der Waals surface area contributed by atoms with E-state index in [4.69, 9.17) is 6.42 Å².